The van der Waals surface area contributed by atoms with Crippen molar-refractivity contribution in [2.75, 3.05) is 0 Å². The maximum Gasteiger partial charge on any atom is 0.179 e. The van der Waals surface area contributed by atoms with Crippen LogP contribution in [0.4, 0.5) is 0 Å². The van der Waals surface area contributed by atoms with Gasteiger partial charge >= 0.3 is 0 Å². The molecule has 0 saturated heterocycles. The standard InChI is InChI=1S/C28H19N3O/c32-27-12-4-2-9-22(27)20-8-7-17-30(19-20)21-14-15-24-23-10-1-3-11-25(23)31(26(24)18-21)28-13-5-6-16-29-28/h1-18,32H. The molecule has 0 atom stereocenters. The van der Waals surface area contributed by atoms with Gasteiger partial charge in [-0.1, -0.05) is 54.6 Å². The van der Waals surface area contributed by atoms with Crippen molar-refractivity contribution in [3.63, 3.8) is 0 Å². The van der Waals surface area contributed by atoms with Gasteiger partial charge in [0.2, 0.25) is 0 Å². The molecule has 0 spiro atoms. The number of para-hydroxylation sites is 2. The quantitative estimate of drug-likeness (QED) is 0.302. The number of phenolic OH excluding ortho intramolecular Hbond substituents is 1. The minimum atomic E-state index is 0.243. The lowest BCUT2D eigenvalue weighted by atomic mass is 10.1. The summed E-state index contributed by atoms with van der Waals surface area (Å²) in [6, 6.07) is 32.0. The van der Waals surface area contributed by atoms with Crippen LogP contribution in [0.1, 0.15) is 0 Å². The second-order valence-electron chi connectivity index (χ2n) is 7.66. The van der Waals surface area contributed by atoms with Gasteiger partial charge in [0.25, 0.3) is 0 Å². The summed E-state index contributed by atoms with van der Waals surface area (Å²) in [5, 5.41) is 12.6. The zero-order chi connectivity index (χ0) is 21.5. The number of aromatic hydroxyl groups is 1. The molecular weight excluding hydrogens is 394 g/mol. The Balaban J connectivity index is 1.58. The van der Waals surface area contributed by atoms with E-state index in [0.717, 1.165) is 33.7 Å². The number of pyridine rings is 2. The van der Waals surface area contributed by atoms with E-state index in [9.17, 15) is 5.11 Å². The van der Waals surface area contributed by atoms with Crippen LogP contribution >= 0.6 is 0 Å². The van der Waals surface area contributed by atoms with Crippen molar-refractivity contribution in [3.05, 3.63) is 116 Å². The SMILES string of the molecule is Oc1ccccc1-c1[c-][n+](-c2ccc3c4ccccc4n(-c4ccccn4)c3c2)ccc1. The molecule has 32 heavy (non-hydrogen) atoms. The molecule has 3 aromatic carbocycles. The molecule has 4 heteroatoms. The van der Waals surface area contributed by atoms with E-state index >= 15 is 0 Å². The normalized spacial score (nSPS) is 11.2. The van der Waals surface area contributed by atoms with Gasteiger partial charge in [-0.15, -0.1) is 6.07 Å². The van der Waals surface area contributed by atoms with Gasteiger partial charge < -0.3 is 5.11 Å². The Bertz CT molecular complexity index is 1590. The molecule has 3 aromatic heterocycles. The van der Waals surface area contributed by atoms with Crippen LogP contribution in [0.25, 0.3) is 44.4 Å². The topological polar surface area (TPSA) is 41.9 Å². The van der Waals surface area contributed by atoms with Gasteiger partial charge in [0.1, 0.15) is 12.0 Å². The van der Waals surface area contributed by atoms with Crippen LogP contribution in [0.2, 0.25) is 0 Å². The van der Waals surface area contributed by atoms with Crippen molar-refractivity contribution in [2.45, 2.75) is 0 Å². The van der Waals surface area contributed by atoms with Gasteiger partial charge in [-0.2, -0.15) is 0 Å². The van der Waals surface area contributed by atoms with E-state index in [4.69, 9.17) is 0 Å². The van der Waals surface area contributed by atoms with E-state index in [1.807, 2.05) is 65.5 Å². The van der Waals surface area contributed by atoms with Crippen LogP contribution in [0.15, 0.2) is 109 Å². The van der Waals surface area contributed by atoms with Gasteiger partial charge in [-0.25, -0.2) is 4.98 Å². The van der Waals surface area contributed by atoms with Gasteiger partial charge in [-0.3, -0.25) is 9.13 Å². The van der Waals surface area contributed by atoms with Crippen molar-refractivity contribution >= 4 is 21.8 Å². The Morgan fingerprint density at radius 1 is 0.750 bits per heavy atom. The van der Waals surface area contributed by atoms with Gasteiger partial charge in [0.05, 0.1) is 16.8 Å². The summed E-state index contributed by atoms with van der Waals surface area (Å²) in [7, 11) is 0. The summed E-state index contributed by atoms with van der Waals surface area (Å²) in [6.07, 6.45) is 7.20. The number of aromatic nitrogens is 3. The Hall–Kier alpha value is -4.44. The molecule has 0 amide bonds. The van der Waals surface area contributed by atoms with E-state index in [0.29, 0.717) is 0 Å². The number of hydrogen-bond acceptors (Lipinski definition) is 2. The Kier molecular flexibility index (Phi) is 4.22. The lowest BCUT2D eigenvalue weighted by molar-refractivity contribution is -0.599. The van der Waals surface area contributed by atoms with Crippen LogP contribution in [-0.4, -0.2) is 14.7 Å². The highest BCUT2D eigenvalue weighted by molar-refractivity contribution is 6.09. The molecule has 0 saturated carbocycles. The van der Waals surface area contributed by atoms with E-state index in [2.05, 4.69) is 58.2 Å². The third kappa shape index (κ3) is 2.93. The van der Waals surface area contributed by atoms with E-state index in [-0.39, 0.29) is 5.75 Å². The molecule has 4 nitrogen and oxygen atoms in total. The maximum atomic E-state index is 10.3. The molecule has 6 aromatic rings. The summed E-state index contributed by atoms with van der Waals surface area (Å²) in [5.74, 6) is 1.13. The predicted molar refractivity (Wildman–Crippen MR) is 126 cm³/mol. The predicted octanol–water partition coefficient (Wildman–Crippen LogP) is 5.63. The van der Waals surface area contributed by atoms with Gasteiger partial charge in [0, 0.05) is 23.0 Å². The van der Waals surface area contributed by atoms with Crippen molar-refractivity contribution in [3.8, 4) is 28.4 Å². The fourth-order valence-electron chi connectivity index (χ4n) is 4.27. The lowest BCUT2D eigenvalue weighted by Gasteiger charge is -2.10. The number of phenols is 1. The van der Waals surface area contributed by atoms with Crippen molar-refractivity contribution in [1.29, 1.82) is 0 Å². The number of rotatable bonds is 3. The lowest BCUT2D eigenvalue weighted by Crippen LogP contribution is -2.30. The summed E-state index contributed by atoms with van der Waals surface area (Å²) < 4.78 is 4.16. The first-order chi connectivity index (χ1) is 15.8. The zero-order valence-electron chi connectivity index (χ0n) is 17.2. The largest absolute Gasteiger partial charge is 0.515 e. The highest BCUT2D eigenvalue weighted by Gasteiger charge is 2.14. The molecule has 0 aliphatic heterocycles. The van der Waals surface area contributed by atoms with Crippen LogP contribution < -0.4 is 4.57 Å². The molecule has 0 radical (unpaired) electrons. The molecule has 0 bridgehead atoms. The Morgan fingerprint density at radius 3 is 2.44 bits per heavy atom. The second kappa shape index (κ2) is 7.36. The van der Waals surface area contributed by atoms with Crippen molar-refractivity contribution in [1.82, 2.24) is 9.55 Å². The number of hydrogen-bond donors (Lipinski definition) is 1. The van der Waals surface area contributed by atoms with Gasteiger partial charge in [0.15, 0.2) is 11.9 Å². The molecular formula is C28H19N3O. The molecule has 0 aliphatic rings. The highest BCUT2D eigenvalue weighted by Crippen LogP contribution is 2.32. The second-order valence-corrected chi connectivity index (χ2v) is 7.66. The van der Waals surface area contributed by atoms with E-state index < -0.39 is 0 Å². The molecule has 0 aliphatic carbocycles. The van der Waals surface area contributed by atoms with Crippen molar-refractivity contribution < 1.29 is 9.67 Å². The summed E-state index contributed by atoms with van der Waals surface area (Å²) >= 11 is 0. The number of nitrogens with zero attached hydrogens (tertiary/aromatic N) is 3. The minimum Gasteiger partial charge on any atom is -0.515 e. The van der Waals surface area contributed by atoms with Crippen LogP contribution in [0, 0.1) is 6.20 Å². The Morgan fingerprint density at radius 2 is 1.56 bits per heavy atom. The first kappa shape index (κ1) is 18.3. The molecule has 0 fully saturated rings. The minimum absolute atomic E-state index is 0.243. The first-order valence-corrected chi connectivity index (χ1v) is 10.5. The molecule has 0 unspecified atom stereocenters. The van der Waals surface area contributed by atoms with E-state index in [1.165, 1.54) is 10.8 Å². The van der Waals surface area contributed by atoms with Crippen molar-refractivity contribution in [2.24, 2.45) is 0 Å². The monoisotopic (exact) mass is 413 g/mol. The number of fused-ring (bicyclic) bond motifs is 3. The van der Waals surface area contributed by atoms with Gasteiger partial charge in [-0.05, 0) is 41.5 Å². The summed E-state index contributed by atoms with van der Waals surface area (Å²) in [6.45, 7) is 0. The number of benzene rings is 3. The molecule has 152 valence electrons. The zero-order valence-corrected chi connectivity index (χ0v) is 17.2. The van der Waals surface area contributed by atoms with E-state index in [1.54, 1.807) is 6.07 Å². The smallest absolute Gasteiger partial charge is 0.179 e. The first-order valence-electron chi connectivity index (χ1n) is 10.5. The fraction of sp³-hybridized carbons (Fsp3) is 0. The average molecular weight is 413 g/mol. The molecule has 1 N–H and O–H groups in total. The fourth-order valence-corrected chi connectivity index (χ4v) is 4.27. The maximum absolute atomic E-state index is 10.3. The average Bonchev–Trinajstić information content (AvgIpc) is 3.19. The van der Waals surface area contributed by atoms with Crippen LogP contribution in [0.5, 0.6) is 5.75 Å². The third-order valence-electron chi connectivity index (χ3n) is 5.75. The Labute approximate surface area is 185 Å². The summed E-state index contributed by atoms with van der Waals surface area (Å²) in [5.41, 5.74) is 4.77. The molecule has 3 heterocycles. The third-order valence-corrected chi connectivity index (χ3v) is 5.75. The van der Waals surface area contributed by atoms with Crippen LogP contribution in [0.3, 0.4) is 0 Å². The molecule has 6 rings (SSSR count). The summed E-state index contributed by atoms with van der Waals surface area (Å²) in [4.78, 5) is 4.61. The highest BCUT2D eigenvalue weighted by atomic mass is 16.3. The van der Waals surface area contributed by atoms with Crippen LogP contribution in [-0.2, 0) is 0 Å².